The first-order chi connectivity index (χ1) is 12.0. The van der Waals surface area contributed by atoms with Gasteiger partial charge in [0.25, 0.3) is 0 Å². The van der Waals surface area contributed by atoms with Crippen molar-refractivity contribution in [3.63, 3.8) is 0 Å². The Hall–Kier alpha value is -2.59. The lowest BCUT2D eigenvalue weighted by atomic mass is 10.1. The molecule has 25 heavy (non-hydrogen) atoms. The highest BCUT2D eigenvalue weighted by Crippen LogP contribution is 2.20. The minimum atomic E-state index is 0.00289. The fourth-order valence-electron chi connectivity index (χ4n) is 2.46. The molecule has 0 bridgehead atoms. The first-order valence-electron chi connectivity index (χ1n) is 8.32. The van der Waals surface area contributed by atoms with Crippen LogP contribution >= 0.6 is 0 Å². The Morgan fingerprint density at radius 3 is 2.32 bits per heavy atom. The molecule has 0 aromatic heterocycles. The molecule has 0 aliphatic rings. The van der Waals surface area contributed by atoms with Crippen molar-refractivity contribution in [1.29, 1.82) is 0 Å². The van der Waals surface area contributed by atoms with Crippen LogP contribution < -0.4 is 9.64 Å². The Morgan fingerprint density at radius 1 is 1.00 bits per heavy atom. The fraction of sp³-hybridized carbons (Fsp3) is 0.286. The summed E-state index contributed by atoms with van der Waals surface area (Å²) in [6.45, 7) is 1.79. The third-order valence-corrected chi connectivity index (χ3v) is 4.01. The van der Waals surface area contributed by atoms with E-state index in [2.05, 4.69) is 9.80 Å². The molecular formula is C21H26N2O2. The second-order valence-electron chi connectivity index (χ2n) is 6.21. The summed E-state index contributed by atoms with van der Waals surface area (Å²) in [5, 5.41) is 0. The maximum Gasteiger partial charge on any atom is 0.187 e. The molecule has 0 N–H and O–H groups in total. The summed E-state index contributed by atoms with van der Waals surface area (Å²) in [5.74, 6) is 0.805. The average molecular weight is 338 g/mol. The van der Waals surface area contributed by atoms with Gasteiger partial charge in [0.15, 0.2) is 5.78 Å². The van der Waals surface area contributed by atoms with Crippen molar-refractivity contribution >= 4 is 17.5 Å². The molecule has 0 atom stereocenters. The van der Waals surface area contributed by atoms with Gasteiger partial charge in [-0.1, -0.05) is 30.3 Å². The normalized spacial score (nSPS) is 11.1. The number of ether oxygens (including phenoxy) is 1. The van der Waals surface area contributed by atoms with Crippen LogP contribution in [0.1, 0.15) is 15.9 Å². The second kappa shape index (κ2) is 9.04. The molecule has 2 rings (SSSR count). The molecule has 0 saturated carbocycles. The largest absolute Gasteiger partial charge is 0.497 e. The van der Waals surface area contributed by atoms with Gasteiger partial charge in [-0.15, -0.1) is 0 Å². The van der Waals surface area contributed by atoms with E-state index in [1.165, 1.54) is 0 Å². The summed E-state index contributed by atoms with van der Waals surface area (Å²) in [6, 6.07) is 15.4. The number of likely N-dealkylation sites (N-methyl/N-ethyl adjacent to an activating group) is 2. The summed E-state index contributed by atoms with van der Waals surface area (Å²) in [6.07, 6.45) is 3.46. The number of rotatable bonds is 8. The number of carbonyl (C=O) groups excluding carboxylic acids is 1. The molecule has 4 nitrogen and oxygen atoms in total. The Bertz CT molecular complexity index is 721. The summed E-state index contributed by atoms with van der Waals surface area (Å²) in [7, 11) is 7.74. The van der Waals surface area contributed by atoms with Gasteiger partial charge in [0.05, 0.1) is 7.11 Å². The van der Waals surface area contributed by atoms with E-state index in [0.29, 0.717) is 5.56 Å². The summed E-state index contributed by atoms with van der Waals surface area (Å²) in [4.78, 5) is 16.9. The number of benzene rings is 2. The van der Waals surface area contributed by atoms with E-state index in [4.69, 9.17) is 4.74 Å². The Morgan fingerprint density at radius 2 is 1.68 bits per heavy atom. The second-order valence-corrected chi connectivity index (χ2v) is 6.21. The standard InChI is InChI=1S/C21H26N2O2/c1-22(2)15-16-23(3)20-8-6-5-7-19(20)21(24)14-11-17-9-12-18(25-4)13-10-17/h5-14H,15-16H2,1-4H3. The molecule has 0 fully saturated rings. The average Bonchev–Trinajstić information content (AvgIpc) is 2.64. The molecule has 2 aromatic carbocycles. The minimum absolute atomic E-state index is 0.00289. The lowest BCUT2D eigenvalue weighted by Crippen LogP contribution is -2.29. The van der Waals surface area contributed by atoms with Crippen molar-refractivity contribution in [2.24, 2.45) is 0 Å². The van der Waals surface area contributed by atoms with Crippen molar-refractivity contribution in [3.8, 4) is 5.75 Å². The van der Waals surface area contributed by atoms with E-state index in [0.717, 1.165) is 30.1 Å². The van der Waals surface area contributed by atoms with E-state index < -0.39 is 0 Å². The highest BCUT2D eigenvalue weighted by atomic mass is 16.5. The Balaban J connectivity index is 2.14. The molecule has 0 amide bonds. The number of methoxy groups -OCH3 is 1. The van der Waals surface area contributed by atoms with Crippen LogP contribution in [0.15, 0.2) is 54.6 Å². The van der Waals surface area contributed by atoms with Crippen LogP contribution in [0.25, 0.3) is 6.08 Å². The van der Waals surface area contributed by atoms with Gasteiger partial charge in [0.1, 0.15) is 5.75 Å². The van der Waals surface area contributed by atoms with Gasteiger partial charge in [0.2, 0.25) is 0 Å². The maximum absolute atomic E-state index is 12.7. The lowest BCUT2D eigenvalue weighted by Gasteiger charge is -2.23. The predicted molar refractivity (Wildman–Crippen MR) is 105 cm³/mol. The monoisotopic (exact) mass is 338 g/mol. The smallest absolute Gasteiger partial charge is 0.187 e. The molecule has 0 radical (unpaired) electrons. The molecule has 0 spiro atoms. The molecule has 2 aromatic rings. The molecule has 4 heteroatoms. The van der Waals surface area contributed by atoms with Gasteiger partial charge in [-0.25, -0.2) is 0 Å². The number of para-hydroxylation sites is 1. The maximum atomic E-state index is 12.7. The number of anilines is 1. The van der Waals surface area contributed by atoms with Gasteiger partial charge >= 0.3 is 0 Å². The topological polar surface area (TPSA) is 32.8 Å². The van der Waals surface area contributed by atoms with Gasteiger partial charge in [-0.2, -0.15) is 0 Å². The molecule has 132 valence electrons. The third-order valence-electron chi connectivity index (χ3n) is 4.01. The first kappa shape index (κ1) is 18.7. The Labute approximate surface area is 150 Å². The highest BCUT2D eigenvalue weighted by Gasteiger charge is 2.11. The minimum Gasteiger partial charge on any atom is -0.497 e. The van der Waals surface area contributed by atoms with Gasteiger partial charge in [0, 0.05) is 31.4 Å². The highest BCUT2D eigenvalue weighted by molar-refractivity contribution is 6.10. The molecule has 0 saturated heterocycles. The quantitative estimate of drug-likeness (QED) is 0.544. The van der Waals surface area contributed by atoms with Crippen LogP contribution in [0.2, 0.25) is 0 Å². The van der Waals surface area contributed by atoms with E-state index in [9.17, 15) is 4.79 Å². The SMILES string of the molecule is COc1ccc(C=CC(=O)c2ccccc2N(C)CCN(C)C)cc1. The van der Waals surface area contributed by atoms with Gasteiger partial charge in [-0.05, 0) is 50.0 Å². The zero-order valence-corrected chi connectivity index (χ0v) is 15.4. The third kappa shape index (κ3) is 5.47. The summed E-state index contributed by atoms with van der Waals surface area (Å²) < 4.78 is 5.15. The van der Waals surface area contributed by atoms with Crippen LogP contribution in [-0.2, 0) is 0 Å². The predicted octanol–water partition coefficient (Wildman–Crippen LogP) is 3.59. The van der Waals surface area contributed by atoms with Crippen molar-refractivity contribution in [2.45, 2.75) is 0 Å². The number of nitrogens with zero attached hydrogens (tertiary/aromatic N) is 2. The summed E-state index contributed by atoms with van der Waals surface area (Å²) >= 11 is 0. The van der Waals surface area contributed by atoms with Gasteiger partial charge < -0.3 is 14.5 Å². The van der Waals surface area contributed by atoms with Crippen molar-refractivity contribution < 1.29 is 9.53 Å². The van der Waals surface area contributed by atoms with Crippen molar-refractivity contribution in [3.05, 3.63) is 65.7 Å². The van der Waals surface area contributed by atoms with Crippen molar-refractivity contribution in [1.82, 2.24) is 4.90 Å². The van der Waals surface area contributed by atoms with Crippen molar-refractivity contribution in [2.75, 3.05) is 46.2 Å². The molecule has 0 heterocycles. The summed E-state index contributed by atoms with van der Waals surface area (Å²) in [5.41, 5.74) is 2.63. The number of carbonyl (C=O) groups is 1. The van der Waals surface area contributed by atoms with Crippen LogP contribution in [0.3, 0.4) is 0 Å². The number of hydrogen-bond donors (Lipinski definition) is 0. The van der Waals surface area contributed by atoms with Crippen LogP contribution in [0, 0.1) is 0 Å². The number of allylic oxidation sites excluding steroid dienone is 1. The zero-order chi connectivity index (χ0) is 18.2. The van der Waals surface area contributed by atoms with E-state index in [1.807, 2.05) is 75.7 Å². The van der Waals surface area contributed by atoms with Crippen LogP contribution in [-0.4, -0.2) is 52.0 Å². The zero-order valence-electron chi connectivity index (χ0n) is 15.4. The van der Waals surface area contributed by atoms with E-state index in [-0.39, 0.29) is 5.78 Å². The van der Waals surface area contributed by atoms with E-state index >= 15 is 0 Å². The van der Waals surface area contributed by atoms with Crippen LogP contribution in [0.5, 0.6) is 5.75 Å². The molecule has 0 aliphatic heterocycles. The Kier molecular flexibility index (Phi) is 6.78. The van der Waals surface area contributed by atoms with Gasteiger partial charge in [-0.3, -0.25) is 4.79 Å². The first-order valence-corrected chi connectivity index (χ1v) is 8.32. The number of ketones is 1. The molecular weight excluding hydrogens is 312 g/mol. The number of hydrogen-bond acceptors (Lipinski definition) is 4. The van der Waals surface area contributed by atoms with E-state index in [1.54, 1.807) is 13.2 Å². The molecule has 0 unspecified atom stereocenters. The fourth-order valence-corrected chi connectivity index (χ4v) is 2.46. The molecule has 0 aliphatic carbocycles. The lowest BCUT2D eigenvalue weighted by molar-refractivity contribution is 0.104. The van der Waals surface area contributed by atoms with Crippen LogP contribution in [0.4, 0.5) is 5.69 Å².